The Kier molecular flexibility index (Phi) is 6.20. The van der Waals surface area contributed by atoms with Gasteiger partial charge < -0.3 is 10.1 Å². The zero-order valence-corrected chi connectivity index (χ0v) is 9.72. The summed E-state index contributed by atoms with van der Waals surface area (Å²) in [5, 5.41) is 3.26. The van der Waals surface area contributed by atoms with E-state index in [4.69, 9.17) is 4.74 Å². The number of rotatable bonds is 6. The smallest absolute Gasteiger partial charge is 0.0468 e. The average Bonchev–Trinajstić information content (AvgIpc) is 2.25. The van der Waals surface area contributed by atoms with Crippen molar-refractivity contribution in [2.24, 2.45) is 11.8 Å². The predicted octanol–water partition coefficient (Wildman–Crippen LogP) is 2.44. The first-order valence-corrected chi connectivity index (χ1v) is 6.10. The third-order valence-electron chi connectivity index (χ3n) is 3.36. The van der Waals surface area contributed by atoms with Crippen molar-refractivity contribution < 1.29 is 4.74 Å². The minimum Gasteiger partial charge on any atom is -0.381 e. The van der Waals surface area contributed by atoms with E-state index in [1.807, 2.05) is 7.05 Å². The Labute approximate surface area is 88.4 Å². The molecule has 0 saturated carbocycles. The molecule has 1 unspecified atom stereocenters. The molecule has 1 atom stereocenters. The van der Waals surface area contributed by atoms with Gasteiger partial charge in [-0.15, -0.1) is 0 Å². The highest BCUT2D eigenvalue weighted by atomic mass is 16.5. The molecule has 1 rings (SSSR count). The van der Waals surface area contributed by atoms with E-state index in [9.17, 15) is 0 Å². The summed E-state index contributed by atoms with van der Waals surface area (Å²) < 4.78 is 5.42. The molecular formula is C12H25NO. The fourth-order valence-electron chi connectivity index (χ4n) is 2.50. The lowest BCUT2D eigenvalue weighted by Gasteiger charge is -2.30. The van der Waals surface area contributed by atoms with E-state index in [1.54, 1.807) is 0 Å². The van der Waals surface area contributed by atoms with Crippen molar-refractivity contribution in [2.75, 3.05) is 26.8 Å². The second-order valence-electron chi connectivity index (χ2n) is 4.39. The Morgan fingerprint density at radius 2 is 2.00 bits per heavy atom. The highest BCUT2D eigenvalue weighted by Crippen LogP contribution is 2.29. The summed E-state index contributed by atoms with van der Waals surface area (Å²) >= 11 is 0. The molecule has 84 valence electrons. The molecule has 14 heavy (non-hydrogen) atoms. The molecule has 0 spiro atoms. The standard InChI is InChI=1S/C12H25NO/c1-3-4-11(5-8-13-2)12-6-9-14-10-7-12/h11-13H,3-10H2,1-2H3. The summed E-state index contributed by atoms with van der Waals surface area (Å²) in [6, 6.07) is 0. The number of ether oxygens (including phenoxy) is 1. The van der Waals surface area contributed by atoms with Crippen LogP contribution in [-0.4, -0.2) is 26.8 Å². The Morgan fingerprint density at radius 3 is 2.57 bits per heavy atom. The summed E-state index contributed by atoms with van der Waals surface area (Å²) in [5.41, 5.74) is 0. The Hall–Kier alpha value is -0.0800. The molecule has 0 aromatic rings. The maximum atomic E-state index is 5.42. The van der Waals surface area contributed by atoms with Gasteiger partial charge in [-0.2, -0.15) is 0 Å². The zero-order valence-electron chi connectivity index (χ0n) is 9.72. The highest BCUT2D eigenvalue weighted by molar-refractivity contribution is 4.73. The van der Waals surface area contributed by atoms with Crippen LogP contribution in [0.1, 0.15) is 39.0 Å². The lowest BCUT2D eigenvalue weighted by Crippen LogP contribution is -2.25. The van der Waals surface area contributed by atoms with E-state index < -0.39 is 0 Å². The Morgan fingerprint density at radius 1 is 1.29 bits per heavy atom. The molecule has 0 bridgehead atoms. The molecule has 0 radical (unpaired) electrons. The van der Waals surface area contributed by atoms with Crippen molar-refractivity contribution in [1.82, 2.24) is 5.32 Å². The van der Waals surface area contributed by atoms with Crippen LogP contribution < -0.4 is 5.32 Å². The van der Waals surface area contributed by atoms with Crippen LogP contribution >= 0.6 is 0 Å². The molecular weight excluding hydrogens is 174 g/mol. The van der Waals surface area contributed by atoms with Crippen LogP contribution in [0.25, 0.3) is 0 Å². The first-order valence-electron chi connectivity index (χ1n) is 6.10. The molecule has 1 heterocycles. The van der Waals surface area contributed by atoms with Crippen molar-refractivity contribution in [3.63, 3.8) is 0 Å². The van der Waals surface area contributed by atoms with Crippen molar-refractivity contribution in [1.29, 1.82) is 0 Å². The summed E-state index contributed by atoms with van der Waals surface area (Å²) in [5.74, 6) is 1.85. The second-order valence-corrected chi connectivity index (χ2v) is 4.39. The van der Waals surface area contributed by atoms with Crippen LogP contribution in [0.4, 0.5) is 0 Å². The van der Waals surface area contributed by atoms with E-state index in [1.165, 1.54) is 38.6 Å². The summed E-state index contributed by atoms with van der Waals surface area (Å²) in [4.78, 5) is 0. The normalized spacial score (nSPS) is 21.0. The molecule has 2 heteroatoms. The van der Waals surface area contributed by atoms with Gasteiger partial charge in [0.15, 0.2) is 0 Å². The van der Waals surface area contributed by atoms with Gasteiger partial charge in [-0.3, -0.25) is 0 Å². The fourth-order valence-corrected chi connectivity index (χ4v) is 2.50. The van der Waals surface area contributed by atoms with E-state index in [0.717, 1.165) is 25.0 Å². The van der Waals surface area contributed by atoms with Crippen molar-refractivity contribution in [3.8, 4) is 0 Å². The average molecular weight is 199 g/mol. The summed E-state index contributed by atoms with van der Waals surface area (Å²) in [6.07, 6.45) is 6.63. The first kappa shape index (κ1) is 12.0. The minimum atomic E-state index is 0.927. The topological polar surface area (TPSA) is 21.3 Å². The maximum absolute atomic E-state index is 5.42. The van der Waals surface area contributed by atoms with Crippen molar-refractivity contribution >= 4 is 0 Å². The number of hydrogen-bond donors (Lipinski definition) is 1. The lowest BCUT2D eigenvalue weighted by atomic mass is 9.81. The lowest BCUT2D eigenvalue weighted by molar-refractivity contribution is 0.0432. The number of hydrogen-bond acceptors (Lipinski definition) is 2. The molecule has 0 aromatic carbocycles. The molecule has 0 aliphatic carbocycles. The SMILES string of the molecule is CCCC(CCNC)C1CCOCC1. The highest BCUT2D eigenvalue weighted by Gasteiger charge is 2.22. The van der Waals surface area contributed by atoms with Crippen molar-refractivity contribution in [3.05, 3.63) is 0 Å². The van der Waals surface area contributed by atoms with Gasteiger partial charge in [0.05, 0.1) is 0 Å². The van der Waals surface area contributed by atoms with Crippen LogP contribution in [0.5, 0.6) is 0 Å². The number of nitrogens with one attached hydrogen (secondary N) is 1. The Balaban J connectivity index is 2.30. The third kappa shape index (κ3) is 3.97. The van der Waals surface area contributed by atoms with Gasteiger partial charge in [0.25, 0.3) is 0 Å². The Bertz CT molecular complexity index is 132. The monoisotopic (exact) mass is 199 g/mol. The maximum Gasteiger partial charge on any atom is 0.0468 e. The van der Waals surface area contributed by atoms with Crippen LogP contribution in [0, 0.1) is 11.8 Å². The van der Waals surface area contributed by atoms with Gasteiger partial charge in [0.1, 0.15) is 0 Å². The third-order valence-corrected chi connectivity index (χ3v) is 3.36. The molecule has 1 N–H and O–H groups in total. The van der Waals surface area contributed by atoms with E-state index in [0.29, 0.717) is 0 Å². The van der Waals surface area contributed by atoms with Crippen LogP contribution in [0.3, 0.4) is 0 Å². The van der Waals surface area contributed by atoms with Gasteiger partial charge in [-0.1, -0.05) is 19.8 Å². The molecule has 1 fully saturated rings. The van der Waals surface area contributed by atoms with E-state index in [2.05, 4.69) is 12.2 Å². The van der Waals surface area contributed by atoms with Gasteiger partial charge in [-0.25, -0.2) is 0 Å². The van der Waals surface area contributed by atoms with Crippen molar-refractivity contribution in [2.45, 2.75) is 39.0 Å². The van der Waals surface area contributed by atoms with Gasteiger partial charge in [0.2, 0.25) is 0 Å². The largest absolute Gasteiger partial charge is 0.381 e. The van der Waals surface area contributed by atoms with Gasteiger partial charge in [-0.05, 0) is 44.7 Å². The quantitative estimate of drug-likeness (QED) is 0.709. The van der Waals surface area contributed by atoms with Gasteiger partial charge >= 0.3 is 0 Å². The van der Waals surface area contributed by atoms with E-state index in [-0.39, 0.29) is 0 Å². The van der Waals surface area contributed by atoms with Gasteiger partial charge in [0, 0.05) is 13.2 Å². The summed E-state index contributed by atoms with van der Waals surface area (Å²) in [7, 11) is 2.05. The summed E-state index contributed by atoms with van der Waals surface area (Å²) in [6.45, 7) is 5.45. The fraction of sp³-hybridized carbons (Fsp3) is 1.00. The molecule has 0 aromatic heterocycles. The molecule has 2 nitrogen and oxygen atoms in total. The van der Waals surface area contributed by atoms with Crippen LogP contribution in [0.15, 0.2) is 0 Å². The molecule has 1 aliphatic rings. The molecule has 1 saturated heterocycles. The van der Waals surface area contributed by atoms with E-state index >= 15 is 0 Å². The van der Waals surface area contributed by atoms with Crippen LogP contribution in [-0.2, 0) is 4.74 Å². The van der Waals surface area contributed by atoms with Crippen LogP contribution in [0.2, 0.25) is 0 Å². The zero-order chi connectivity index (χ0) is 10.2. The second kappa shape index (κ2) is 7.24. The minimum absolute atomic E-state index is 0.927. The molecule has 0 amide bonds. The first-order chi connectivity index (χ1) is 6.88. The molecule has 1 aliphatic heterocycles. The predicted molar refractivity (Wildman–Crippen MR) is 60.5 cm³/mol.